The Labute approximate surface area is 85.1 Å². The fourth-order valence-electron chi connectivity index (χ4n) is 1.55. The maximum Gasteiger partial charge on any atom is 0.405 e. The monoisotopic (exact) mass is 226 g/mol. The molecule has 0 aromatic carbocycles. The molecule has 0 saturated carbocycles. The standard InChI is InChI=1S/C8H13F3N2O2/c9-8(10,11)6-5-12-7(15)1-2-13(6)3-4-14/h6,14H,1-5H2,(H,12,15). The third-order valence-corrected chi connectivity index (χ3v) is 2.32. The highest BCUT2D eigenvalue weighted by atomic mass is 19.4. The zero-order valence-corrected chi connectivity index (χ0v) is 8.05. The second kappa shape index (κ2) is 4.80. The number of alkyl halides is 3. The van der Waals surface area contributed by atoms with E-state index < -0.39 is 18.8 Å². The lowest BCUT2D eigenvalue weighted by Gasteiger charge is -2.30. The molecule has 1 atom stereocenters. The zero-order chi connectivity index (χ0) is 11.5. The van der Waals surface area contributed by atoms with Crippen LogP contribution in [0.3, 0.4) is 0 Å². The highest BCUT2D eigenvalue weighted by molar-refractivity contribution is 5.76. The minimum atomic E-state index is -4.38. The van der Waals surface area contributed by atoms with E-state index in [9.17, 15) is 18.0 Å². The molecule has 88 valence electrons. The summed E-state index contributed by atoms with van der Waals surface area (Å²) in [5.41, 5.74) is 0. The number of carbonyl (C=O) groups excluding carboxylic acids is 1. The molecule has 1 aliphatic heterocycles. The quantitative estimate of drug-likeness (QED) is 0.681. The third kappa shape index (κ3) is 3.35. The van der Waals surface area contributed by atoms with Gasteiger partial charge in [-0.2, -0.15) is 13.2 Å². The van der Waals surface area contributed by atoms with E-state index in [4.69, 9.17) is 5.11 Å². The van der Waals surface area contributed by atoms with Crippen molar-refractivity contribution in [1.82, 2.24) is 10.2 Å². The number of nitrogens with one attached hydrogen (secondary N) is 1. The summed E-state index contributed by atoms with van der Waals surface area (Å²) in [4.78, 5) is 12.0. The van der Waals surface area contributed by atoms with Gasteiger partial charge in [-0.1, -0.05) is 0 Å². The topological polar surface area (TPSA) is 52.6 Å². The Morgan fingerprint density at radius 3 is 2.73 bits per heavy atom. The largest absolute Gasteiger partial charge is 0.405 e. The van der Waals surface area contributed by atoms with E-state index >= 15 is 0 Å². The predicted molar refractivity (Wildman–Crippen MR) is 46.1 cm³/mol. The summed E-state index contributed by atoms with van der Waals surface area (Å²) >= 11 is 0. The lowest BCUT2D eigenvalue weighted by Crippen LogP contribution is -2.50. The number of amides is 1. The Hall–Kier alpha value is -0.820. The molecule has 1 amide bonds. The molecule has 0 aromatic heterocycles. The van der Waals surface area contributed by atoms with Crippen LogP contribution in [0.5, 0.6) is 0 Å². The van der Waals surface area contributed by atoms with Gasteiger partial charge in [0.2, 0.25) is 5.91 Å². The molecule has 7 heteroatoms. The van der Waals surface area contributed by atoms with Crippen molar-refractivity contribution in [1.29, 1.82) is 0 Å². The van der Waals surface area contributed by atoms with E-state index in [2.05, 4.69) is 5.32 Å². The molecule has 15 heavy (non-hydrogen) atoms. The predicted octanol–water partition coefficient (Wildman–Crippen LogP) is -0.269. The minimum absolute atomic E-state index is 0.0244. The molecule has 1 rings (SSSR count). The maximum atomic E-state index is 12.5. The van der Waals surface area contributed by atoms with E-state index in [1.54, 1.807) is 0 Å². The SMILES string of the molecule is O=C1CCN(CCO)C(C(F)(F)F)CN1. The van der Waals surface area contributed by atoms with Gasteiger partial charge >= 0.3 is 6.18 Å². The van der Waals surface area contributed by atoms with Gasteiger partial charge in [-0.15, -0.1) is 0 Å². The summed E-state index contributed by atoms with van der Waals surface area (Å²) in [5.74, 6) is -0.385. The van der Waals surface area contributed by atoms with Crippen molar-refractivity contribution in [2.75, 3.05) is 26.2 Å². The molecular weight excluding hydrogens is 213 g/mol. The van der Waals surface area contributed by atoms with Crippen molar-refractivity contribution < 1.29 is 23.1 Å². The number of nitrogens with zero attached hydrogens (tertiary/aromatic N) is 1. The number of halogens is 3. The first-order valence-electron chi connectivity index (χ1n) is 4.63. The average Bonchev–Trinajstić information content (AvgIpc) is 2.28. The van der Waals surface area contributed by atoms with E-state index in [1.165, 1.54) is 0 Å². The van der Waals surface area contributed by atoms with Gasteiger partial charge in [0.1, 0.15) is 6.04 Å². The average molecular weight is 226 g/mol. The van der Waals surface area contributed by atoms with Gasteiger partial charge in [0.25, 0.3) is 0 Å². The van der Waals surface area contributed by atoms with Crippen LogP contribution >= 0.6 is 0 Å². The molecule has 0 bridgehead atoms. The Morgan fingerprint density at radius 1 is 1.53 bits per heavy atom. The number of rotatable bonds is 2. The summed E-state index contributed by atoms with van der Waals surface area (Å²) in [6.07, 6.45) is -4.35. The normalized spacial score (nSPS) is 24.8. The Kier molecular flexibility index (Phi) is 3.92. The van der Waals surface area contributed by atoms with Crippen LogP contribution in [0.2, 0.25) is 0 Å². The van der Waals surface area contributed by atoms with Crippen LogP contribution in [-0.2, 0) is 4.79 Å². The van der Waals surface area contributed by atoms with E-state index in [0.717, 1.165) is 4.90 Å². The molecule has 0 spiro atoms. The fourth-order valence-corrected chi connectivity index (χ4v) is 1.55. The van der Waals surface area contributed by atoms with Gasteiger partial charge in [0.05, 0.1) is 6.61 Å². The third-order valence-electron chi connectivity index (χ3n) is 2.32. The second-order valence-corrected chi connectivity index (χ2v) is 3.37. The van der Waals surface area contributed by atoms with Crippen LogP contribution < -0.4 is 5.32 Å². The van der Waals surface area contributed by atoms with E-state index in [0.29, 0.717) is 0 Å². The van der Waals surface area contributed by atoms with Crippen molar-refractivity contribution in [2.45, 2.75) is 18.6 Å². The van der Waals surface area contributed by atoms with E-state index in [-0.39, 0.29) is 32.0 Å². The molecule has 1 aliphatic rings. The number of β-amino-alcohol motifs (C(OH)–C–C–N with tert-alkyl or cyclic N) is 1. The Bertz CT molecular complexity index is 232. The van der Waals surface area contributed by atoms with Gasteiger partial charge in [-0.3, -0.25) is 9.69 Å². The van der Waals surface area contributed by atoms with Gasteiger partial charge in [-0.25, -0.2) is 0 Å². The summed E-state index contributed by atoms with van der Waals surface area (Å²) in [5, 5.41) is 10.9. The van der Waals surface area contributed by atoms with Crippen molar-refractivity contribution in [3.05, 3.63) is 0 Å². The zero-order valence-electron chi connectivity index (χ0n) is 8.05. The van der Waals surface area contributed by atoms with Gasteiger partial charge in [0.15, 0.2) is 0 Å². The highest BCUT2D eigenvalue weighted by Crippen LogP contribution is 2.25. The Morgan fingerprint density at radius 2 is 2.20 bits per heavy atom. The van der Waals surface area contributed by atoms with Gasteiger partial charge < -0.3 is 10.4 Å². The van der Waals surface area contributed by atoms with Crippen LogP contribution in [-0.4, -0.2) is 54.4 Å². The number of aliphatic hydroxyl groups is 1. The van der Waals surface area contributed by atoms with Gasteiger partial charge in [-0.05, 0) is 0 Å². The van der Waals surface area contributed by atoms with Crippen LogP contribution in [0.4, 0.5) is 13.2 Å². The van der Waals surface area contributed by atoms with Gasteiger partial charge in [0, 0.05) is 26.1 Å². The van der Waals surface area contributed by atoms with Crippen molar-refractivity contribution >= 4 is 5.91 Å². The minimum Gasteiger partial charge on any atom is -0.395 e. The highest BCUT2D eigenvalue weighted by Gasteiger charge is 2.44. The molecule has 1 unspecified atom stereocenters. The molecule has 1 fully saturated rings. The first-order valence-corrected chi connectivity index (χ1v) is 4.63. The van der Waals surface area contributed by atoms with Crippen LogP contribution in [0.25, 0.3) is 0 Å². The molecule has 0 radical (unpaired) electrons. The number of aliphatic hydroxyl groups excluding tert-OH is 1. The number of hydrogen-bond donors (Lipinski definition) is 2. The molecule has 1 heterocycles. The first kappa shape index (κ1) is 12.3. The first-order chi connectivity index (χ1) is 6.95. The lowest BCUT2D eigenvalue weighted by atomic mass is 10.2. The van der Waals surface area contributed by atoms with Crippen molar-refractivity contribution in [3.63, 3.8) is 0 Å². The maximum absolute atomic E-state index is 12.5. The summed E-state index contributed by atoms with van der Waals surface area (Å²) < 4.78 is 37.6. The molecule has 4 nitrogen and oxygen atoms in total. The van der Waals surface area contributed by atoms with Crippen LogP contribution in [0.1, 0.15) is 6.42 Å². The van der Waals surface area contributed by atoms with E-state index in [1.807, 2.05) is 0 Å². The van der Waals surface area contributed by atoms with Crippen LogP contribution in [0.15, 0.2) is 0 Å². The molecule has 0 aromatic rings. The molecular formula is C8H13F3N2O2. The van der Waals surface area contributed by atoms with Crippen molar-refractivity contribution in [2.24, 2.45) is 0 Å². The lowest BCUT2D eigenvalue weighted by molar-refractivity contribution is -0.181. The fraction of sp³-hybridized carbons (Fsp3) is 0.875. The molecule has 2 N–H and O–H groups in total. The summed E-state index contributed by atoms with van der Waals surface area (Å²) in [6, 6.07) is -1.70. The van der Waals surface area contributed by atoms with Crippen molar-refractivity contribution in [3.8, 4) is 0 Å². The summed E-state index contributed by atoms with van der Waals surface area (Å²) in [6.45, 7) is -0.835. The smallest absolute Gasteiger partial charge is 0.395 e. The number of hydrogen-bond acceptors (Lipinski definition) is 3. The summed E-state index contributed by atoms with van der Waals surface area (Å²) in [7, 11) is 0. The molecule has 0 aliphatic carbocycles. The second-order valence-electron chi connectivity index (χ2n) is 3.37. The van der Waals surface area contributed by atoms with Crippen LogP contribution in [0, 0.1) is 0 Å². The number of carbonyl (C=O) groups is 1. The Balaban J connectivity index is 2.73. The molecule has 1 saturated heterocycles.